The van der Waals surface area contributed by atoms with Crippen molar-refractivity contribution < 1.29 is 19.1 Å². The number of carbonyl (C=O) groups is 2. The van der Waals surface area contributed by atoms with Gasteiger partial charge < -0.3 is 24.7 Å². The van der Waals surface area contributed by atoms with Gasteiger partial charge >= 0.3 is 0 Å². The van der Waals surface area contributed by atoms with Gasteiger partial charge in [0.2, 0.25) is 0 Å². The molecular formula is C23H23N3O4. The zero-order chi connectivity index (χ0) is 20.9. The van der Waals surface area contributed by atoms with E-state index in [0.717, 1.165) is 16.5 Å². The first-order valence-electron chi connectivity index (χ1n) is 9.76. The normalized spacial score (nSPS) is 14.6. The van der Waals surface area contributed by atoms with E-state index < -0.39 is 0 Å². The van der Waals surface area contributed by atoms with Gasteiger partial charge in [0.1, 0.15) is 11.4 Å². The van der Waals surface area contributed by atoms with E-state index in [1.807, 2.05) is 30.5 Å². The summed E-state index contributed by atoms with van der Waals surface area (Å²) in [5.74, 6) is 0.145. The number of methoxy groups -OCH3 is 1. The van der Waals surface area contributed by atoms with Crippen LogP contribution in [0.2, 0.25) is 0 Å². The fourth-order valence-corrected chi connectivity index (χ4v) is 3.40. The van der Waals surface area contributed by atoms with Gasteiger partial charge in [-0.05, 0) is 36.4 Å². The van der Waals surface area contributed by atoms with Gasteiger partial charge in [-0.2, -0.15) is 0 Å². The Morgan fingerprint density at radius 3 is 2.63 bits per heavy atom. The molecule has 7 nitrogen and oxygen atoms in total. The summed E-state index contributed by atoms with van der Waals surface area (Å²) in [5.41, 5.74) is 2.40. The fraction of sp³-hybridized carbons (Fsp3) is 0.217. The average molecular weight is 405 g/mol. The highest BCUT2D eigenvalue weighted by Crippen LogP contribution is 2.25. The van der Waals surface area contributed by atoms with Crippen molar-refractivity contribution in [1.82, 2.24) is 15.2 Å². The summed E-state index contributed by atoms with van der Waals surface area (Å²) in [6.07, 6.45) is 3.52. The number of hydrogen-bond donors (Lipinski definition) is 2. The van der Waals surface area contributed by atoms with Crippen molar-refractivity contribution in [1.29, 1.82) is 0 Å². The molecule has 30 heavy (non-hydrogen) atoms. The van der Waals surface area contributed by atoms with Crippen molar-refractivity contribution in [2.75, 3.05) is 33.4 Å². The molecule has 4 rings (SSSR count). The first-order chi connectivity index (χ1) is 14.7. The number of benzene rings is 2. The van der Waals surface area contributed by atoms with Crippen LogP contribution in [-0.2, 0) is 9.53 Å². The van der Waals surface area contributed by atoms with Crippen molar-refractivity contribution in [3.8, 4) is 5.75 Å². The molecule has 0 unspecified atom stereocenters. The standard InChI is InChI=1S/C23H23N3O4/c1-29-18-7-8-20-19(14-18)17(15-24-20)13-21(23(28)26-9-11-30-12-10-26)25-22(27)16-5-3-2-4-6-16/h2-8,13-15,24H,9-12H2,1H3,(H,25,27)/b21-13+. The van der Waals surface area contributed by atoms with Crippen LogP contribution in [0, 0.1) is 0 Å². The number of nitrogens with one attached hydrogen (secondary N) is 2. The Bertz CT molecular complexity index is 1080. The number of morpholine rings is 1. The van der Waals surface area contributed by atoms with E-state index in [1.165, 1.54) is 0 Å². The molecule has 0 radical (unpaired) electrons. The van der Waals surface area contributed by atoms with Gasteiger partial charge in [0.25, 0.3) is 11.8 Å². The number of carbonyl (C=O) groups excluding carboxylic acids is 2. The molecule has 0 saturated carbocycles. The number of nitrogens with zero attached hydrogens (tertiary/aromatic N) is 1. The molecule has 0 atom stereocenters. The summed E-state index contributed by atoms with van der Waals surface area (Å²) in [6.45, 7) is 1.93. The van der Waals surface area contributed by atoms with Crippen LogP contribution in [0.3, 0.4) is 0 Å². The first kappa shape index (κ1) is 19.7. The number of amides is 2. The molecular weight excluding hydrogens is 382 g/mol. The minimum absolute atomic E-state index is 0.217. The van der Waals surface area contributed by atoms with Crippen LogP contribution >= 0.6 is 0 Å². The summed E-state index contributed by atoms with van der Waals surface area (Å²) >= 11 is 0. The number of fused-ring (bicyclic) bond motifs is 1. The lowest BCUT2D eigenvalue weighted by atomic mass is 10.1. The Morgan fingerprint density at radius 1 is 1.13 bits per heavy atom. The van der Waals surface area contributed by atoms with E-state index >= 15 is 0 Å². The number of aromatic amines is 1. The highest BCUT2D eigenvalue weighted by molar-refractivity contribution is 6.06. The zero-order valence-electron chi connectivity index (χ0n) is 16.7. The van der Waals surface area contributed by atoms with Gasteiger partial charge in [-0.25, -0.2) is 0 Å². The van der Waals surface area contributed by atoms with E-state index in [0.29, 0.717) is 37.6 Å². The van der Waals surface area contributed by atoms with E-state index in [4.69, 9.17) is 9.47 Å². The number of H-pyrrole nitrogens is 1. The first-order valence-corrected chi connectivity index (χ1v) is 9.76. The van der Waals surface area contributed by atoms with E-state index in [-0.39, 0.29) is 17.5 Å². The minimum Gasteiger partial charge on any atom is -0.497 e. The van der Waals surface area contributed by atoms with Crippen molar-refractivity contribution in [3.05, 3.63) is 71.6 Å². The van der Waals surface area contributed by atoms with Crippen LogP contribution < -0.4 is 10.1 Å². The van der Waals surface area contributed by atoms with Crippen LogP contribution in [0.15, 0.2) is 60.4 Å². The molecule has 1 fully saturated rings. The largest absolute Gasteiger partial charge is 0.497 e. The van der Waals surface area contributed by atoms with E-state index in [1.54, 1.807) is 42.4 Å². The summed E-state index contributed by atoms with van der Waals surface area (Å²) in [4.78, 5) is 30.8. The van der Waals surface area contributed by atoms with Crippen LogP contribution in [-0.4, -0.2) is 55.1 Å². The maximum atomic E-state index is 13.2. The molecule has 2 N–H and O–H groups in total. The fourth-order valence-electron chi connectivity index (χ4n) is 3.40. The summed E-state index contributed by atoms with van der Waals surface area (Å²) < 4.78 is 10.7. The molecule has 2 aromatic carbocycles. The lowest BCUT2D eigenvalue weighted by molar-refractivity contribution is -0.131. The summed E-state index contributed by atoms with van der Waals surface area (Å²) in [7, 11) is 1.61. The zero-order valence-corrected chi connectivity index (χ0v) is 16.7. The van der Waals surface area contributed by atoms with Gasteiger partial charge in [-0.3, -0.25) is 9.59 Å². The molecule has 1 saturated heterocycles. The molecule has 2 amide bonds. The number of ether oxygens (including phenoxy) is 2. The molecule has 7 heteroatoms. The van der Waals surface area contributed by atoms with Crippen LogP contribution in [0.5, 0.6) is 5.75 Å². The summed E-state index contributed by atoms with van der Waals surface area (Å²) in [5, 5.41) is 3.71. The maximum Gasteiger partial charge on any atom is 0.270 e. The second kappa shape index (κ2) is 8.84. The lowest BCUT2D eigenvalue weighted by Gasteiger charge is -2.27. The predicted octanol–water partition coefficient (Wildman–Crippen LogP) is 2.81. The van der Waals surface area contributed by atoms with Crippen molar-refractivity contribution in [3.63, 3.8) is 0 Å². The Balaban J connectivity index is 1.70. The van der Waals surface area contributed by atoms with Crippen molar-refractivity contribution >= 4 is 28.8 Å². The third kappa shape index (κ3) is 4.21. The highest BCUT2D eigenvalue weighted by atomic mass is 16.5. The van der Waals surface area contributed by atoms with Gasteiger partial charge in [0, 0.05) is 41.3 Å². The SMILES string of the molecule is COc1ccc2[nH]cc(/C=C(/NC(=O)c3ccccc3)C(=O)N3CCOCC3)c2c1. The highest BCUT2D eigenvalue weighted by Gasteiger charge is 2.23. The van der Waals surface area contributed by atoms with Gasteiger partial charge in [-0.15, -0.1) is 0 Å². The van der Waals surface area contributed by atoms with Gasteiger partial charge in [0.05, 0.1) is 20.3 Å². The van der Waals surface area contributed by atoms with Crippen LogP contribution in [0.1, 0.15) is 15.9 Å². The van der Waals surface area contributed by atoms with Gasteiger partial charge in [0.15, 0.2) is 0 Å². The Kier molecular flexibility index (Phi) is 5.81. The third-order valence-corrected chi connectivity index (χ3v) is 5.03. The molecule has 1 aromatic heterocycles. The maximum absolute atomic E-state index is 13.2. The van der Waals surface area contributed by atoms with E-state index in [2.05, 4.69) is 10.3 Å². The third-order valence-electron chi connectivity index (χ3n) is 5.03. The molecule has 1 aliphatic heterocycles. The Morgan fingerprint density at radius 2 is 1.90 bits per heavy atom. The Labute approximate surface area is 174 Å². The average Bonchev–Trinajstić information content (AvgIpc) is 3.21. The number of rotatable bonds is 5. The van der Waals surface area contributed by atoms with Crippen LogP contribution in [0.4, 0.5) is 0 Å². The molecule has 2 heterocycles. The molecule has 1 aliphatic rings. The number of hydrogen-bond acceptors (Lipinski definition) is 4. The quantitative estimate of drug-likeness (QED) is 0.640. The number of aromatic nitrogens is 1. The summed E-state index contributed by atoms with van der Waals surface area (Å²) in [6, 6.07) is 14.5. The molecule has 0 spiro atoms. The molecule has 0 bridgehead atoms. The van der Waals surface area contributed by atoms with Crippen molar-refractivity contribution in [2.45, 2.75) is 0 Å². The minimum atomic E-state index is -0.333. The molecule has 0 aliphatic carbocycles. The molecule has 3 aromatic rings. The smallest absolute Gasteiger partial charge is 0.270 e. The van der Waals surface area contributed by atoms with Gasteiger partial charge in [-0.1, -0.05) is 18.2 Å². The molecule has 154 valence electrons. The Hall–Kier alpha value is -3.58. The lowest BCUT2D eigenvalue weighted by Crippen LogP contribution is -2.44. The monoisotopic (exact) mass is 405 g/mol. The predicted molar refractivity (Wildman–Crippen MR) is 114 cm³/mol. The van der Waals surface area contributed by atoms with Crippen molar-refractivity contribution in [2.24, 2.45) is 0 Å². The second-order valence-corrected chi connectivity index (χ2v) is 6.94. The second-order valence-electron chi connectivity index (χ2n) is 6.94. The topological polar surface area (TPSA) is 83.7 Å². The van der Waals surface area contributed by atoms with E-state index in [9.17, 15) is 9.59 Å². The van der Waals surface area contributed by atoms with Crippen LogP contribution in [0.25, 0.3) is 17.0 Å².